The summed E-state index contributed by atoms with van der Waals surface area (Å²) in [5.41, 5.74) is 3.74. The van der Waals surface area contributed by atoms with Crippen molar-refractivity contribution in [1.82, 2.24) is 0 Å². The van der Waals surface area contributed by atoms with Crippen LogP contribution in [0.4, 0.5) is 0 Å². The van der Waals surface area contributed by atoms with Crippen molar-refractivity contribution in [2.24, 2.45) is 5.41 Å². The molecular weight excluding hydrogens is 408 g/mol. The summed E-state index contributed by atoms with van der Waals surface area (Å²) in [6.07, 6.45) is 6.59. The number of aliphatic hydroxyl groups is 1. The first kappa shape index (κ1) is 22.7. The quantitative estimate of drug-likeness (QED) is 0.370. The molecule has 3 aromatic carbocycles. The van der Waals surface area contributed by atoms with Crippen LogP contribution in [0, 0.1) is 5.41 Å². The van der Waals surface area contributed by atoms with Gasteiger partial charge in [0.05, 0.1) is 0 Å². The molecule has 4 rings (SSSR count). The van der Waals surface area contributed by atoms with Crippen LogP contribution < -0.4 is 0 Å². The van der Waals surface area contributed by atoms with Gasteiger partial charge in [0.15, 0.2) is 0 Å². The van der Waals surface area contributed by atoms with Gasteiger partial charge < -0.3 is 15.3 Å². The molecule has 33 heavy (non-hydrogen) atoms. The van der Waals surface area contributed by atoms with Gasteiger partial charge in [-0.25, -0.2) is 0 Å². The Kier molecular flexibility index (Phi) is 5.61. The van der Waals surface area contributed by atoms with Gasteiger partial charge in [0.1, 0.15) is 17.3 Å². The lowest BCUT2D eigenvalue weighted by Crippen LogP contribution is -2.38. The molecule has 0 saturated heterocycles. The minimum atomic E-state index is -0.465. The van der Waals surface area contributed by atoms with Crippen molar-refractivity contribution in [3.05, 3.63) is 119 Å². The fourth-order valence-corrected chi connectivity index (χ4v) is 4.82. The molecule has 0 saturated carbocycles. The van der Waals surface area contributed by atoms with E-state index in [1.807, 2.05) is 30.3 Å². The number of aliphatic hydroxyl groups excluding tert-OH is 1. The maximum absolute atomic E-state index is 9.83. The standard InChI is InChI=1S/C30H32O3/c1-28(2,29(3)19-17-27(33)18-20-29)21-5-7-22(8-6-21)30(4,23-9-13-25(31)14-10-23)24-11-15-26(32)16-12-24/h5-19,31-33H,20H2,1-4H3. The fourth-order valence-electron chi connectivity index (χ4n) is 4.82. The number of rotatable bonds is 5. The largest absolute Gasteiger partial charge is 0.508 e. The first-order valence-electron chi connectivity index (χ1n) is 11.3. The summed E-state index contributed by atoms with van der Waals surface area (Å²) in [5, 5.41) is 29.5. The molecule has 3 N–H and O–H groups in total. The molecule has 170 valence electrons. The predicted octanol–water partition coefficient (Wildman–Crippen LogP) is 7.14. The Hall–Kier alpha value is -3.46. The number of phenolic OH excluding ortho intramolecular Hbond substituents is 2. The summed E-state index contributed by atoms with van der Waals surface area (Å²) < 4.78 is 0. The Bertz CT molecular complexity index is 1140. The molecule has 1 unspecified atom stereocenters. The van der Waals surface area contributed by atoms with Gasteiger partial charge in [0.2, 0.25) is 0 Å². The number of phenols is 2. The molecule has 0 bridgehead atoms. The maximum Gasteiger partial charge on any atom is 0.115 e. The molecule has 0 heterocycles. The van der Waals surface area contributed by atoms with E-state index in [2.05, 4.69) is 58.0 Å². The minimum absolute atomic E-state index is 0.113. The fraction of sp³-hybridized carbons (Fsp3) is 0.267. The van der Waals surface area contributed by atoms with Crippen LogP contribution in [0.15, 0.2) is 96.8 Å². The zero-order chi connectivity index (χ0) is 23.9. The van der Waals surface area contributed by atoms with Crippen LogP contribution in [-0.4, -0.2) is 15.3 Å². The van der Waals surface area contributed by atoms with E-state index < -0.39 is 5.41 Å². The van der Waals surface area contributed by atoms with E-state index >= 15 is 0 Å². The molecule has 0 fully saturated rings. The van der Waals surface area contributed by atoms with Gasteiger partial charge in [-0.2, -0.15) is 0 Å². The molecular formula is C30H32O3. The van der Waals surface area contributed by atoms with Gasteiger partial charge in [0.25, 0.3) is 0 Å². The molecule has 1 atom stereocenters. The average Bonchev–Trinajstić information content (AvgIpc) is 2.81. The number of hydrogen-bond acceptors (Lipinski definition) is 3. The molecule has 1 aliphatic rings. The van der Waals surface area contributed by atoms with Gasteiger partial charge >= 0.3 is 0 Å². The summed E-state index contributed by atoms with van der Waals surface area (Å²) in [4.78, 5) is 0. The first-order valence-corrected chi connectivity index (χ1v) is 11.3. The average molecular weight is 441 g/mol. The second-order valence-electron chi connectivity index (χ2n) is 10.0. The second-order valence-corrected chi connectivity index (χ2v) is 10.0. The maximum atomic E-state index is 9.83. The van der Waals surface area contributed by atoms with E-state index in [1.54, 1.807) is 30.3 Å². The number of benzene rings is 3. The van der Waals surface area contributed by atoms with E-state index in [4.69, 9.17) is 0 Å². The van der Waals surface area contributed by atoms with Crippen LogP contribution in [0.3, 0.4) is 0 Å². The Morgan fingerprint density at radius 1 is 0.636 bits per heavy atom. The van der Waals surface area contributed by atoms with E-state index in [1.165, 1.54) is 5.56 Å². The highest BCUT2D eigenvalue weighted by Crippen LogP contribution is 2.48. The molecule has 3 nitrogen and oxygen atoms in total. The summed E-state index contributed by atoms with van der Waals surface area (Å²) in [5.74, 6) is 0.799. The second kappa shape index (κ2) is 8.15. The van der Waals surface area contributed by atoms with E-state index in [9.17, 15) is 15.3 Å². The van der Waals surface area contributed by atoms with E-state index in [0.717, 1.165) is 23.1 Å². The molecule has 0 radical (unpaired) electrons. The molecule has 0 amide bonds. The van der Waals surface area contributed by atoms with Crippen LogP contribution in [-0.2, 0) is 10.8 Å². The van der Waals surface area contributed by atoms with Gasteiger partial charge in [-0.05, 0) is 82.8 Å². The monoisotopic (exact) mass is 440 g/mol. The lowest BCUT2D eigenvalue weighted by molar-refractivity contribution is 0.234. The third-order valence-electron chi connectivity index (χ3n) is 7.86. The smallest absolute Gasteiger partial charge is 0.115 e. The third kappa shape index (κ3) is 3.93. The van der Waals surface area contributed by atoms with Crippen molar-refractivity contribution in [2.75, 3.05) is 0 Å². The van der Waals surface area contributed by atoms with Gasteiger partial charge in [0, 0.05) is 5.41 Å². The van der Waals surface area contributed by atoms with E-state index in [0.29, 0.717) is 5.76 Å². The van der Waals surface area contributed by atoms with Crippen molar-refractivity contribution in [3.8, 4) is 11.5 Å². The van der Waals surface area contributed by atoms with Crippen molar-refractivity contribution in [3.63, 3.8) is 0 Å². The number of aromatic hydroxyl groups is 2. The van der Waals surface area contributed by atoms with Crippen LogP contribution >= 0.6 is 0 Å². The molecule has 0 aromatic heterocycles. The summed E-state index contributed by atoms with van der Waals surface area (Å²) >= 11 is 0. The Balaban J connectivity index is 1.77. The van der Waals surface area contributed by atoms with Gasteiger partial charge in [-0.15, -0.1) is 0 Å². The number of hydrogen-bond donors (Lipinski definition) is 3. The zero-order valence-corrected chi connectivity index (χ0v) is 19.7. The molecule has 0 spiro atoms. The molecule has 3 aromatic rings. The Morgan fingerprint density at radius 3 is 1.42 bits per heavy atom. The predicted molar refractivity (Wildman–Crippen MR) is 134 cm³/mol. The SMILES string of the molecule is CC(c1ccc(O)cc1)(c1ccc(O)cc1)c1ccc(C(C)(C)C2(C)C=CC(O)=CC2)cc1. The Morgan fingerprint density at radius 2 is 1.03 bits per heavy atom. The van der Waals surface area contributed by atoms with Crippen molar-refractivity contribution in [2.45, 2.75) is 44.9 Å². The minimum Gasteiger partial charge on any atom is -0.508 e. The van der Waals surface area contributed by atoms with Crippen LogP contribution in [0.1, 0.15) is 56.4 Å². The van der Waals surface area contributed by atoms with Crippen LogP contribution in [0.2, 0.25) is 0 Å². The Labute approximate surface area is 196 Å². The van der Waals surface area contributed by atoms with Crippen molar-refractivity contribution >= 4 is 0 Å². The van der Waals surface area contributed by atoms with Crippen molar-refractivity contribution < 1.29 is 15.3 Å². The van der Waals surface area contributed by atoms with Gasteiger partial charge in [-0.1, -0.05) is 75.4 Å². The van der Waals surface area contributed by atoms with E-state index in [-0.39, 0.29) is 22.3 Å². The lowest BCUT2D eigenvalue weighted by atomic mass is 9.60. The van der Waals surface area contributed by atoms with Crippen molar-refractivity contribution in [1.29, 1.82) is 0 Å². The van der Waals surface area contributed by atoms with Gasteiger partial charge in [-0.3, -0.25) is 0 Å². The molecule has 0 aliphatic heterocycles. The summed E-state index contributed by atoms with van der Waals surface area (Å²) in [7, 11) is 0. The van der Waals surface area contributed by atoms with Crippen LogP contribution in [0.5, 0.6) is 11.5 Å². The summed E-state index contributed by atoms with van der Waals surface area (Å²) in [6.45, 7) is 8.91. The summed E-state index contributed by atoms with van der Waals surface area (Å²) in [6, 6.07) is 23.4. The molecule has 3 heteroatoms. The topological polar surface area (TPSA) is 60.7 Å². The molecule has 1 aliphatic carbocycles. The zero-order valence-electron chi connectivity index (χ0n) is 19.7. The highest BCUT2D eigenvalue weighted by Gasteiger charge is 2.41. The highest BCUT2D eigenvalue weighted by molar-refractivity contribution is 5.52. The lowest BCUT2D eigenvalue weighted by Gasteiger charge is -2.44. The van der Waals surface area contributed by atoms with Crippen LogP contribution in [0.25, 0.3) is 0 Å². The highest BCUT2D eigenvalue weighted by atomic mass is 16.3. The third-order valence-corrected chi connectivity index (χ3v) is 7.86. The normalized spacial score (nSPS) is 18.7. The number of allylic oxidation sites excluding steroid dienone is 3. The first-order chi connectivity index (χ1) is 15.6.